The van der Waals surface area contributed by atoms with Gasteiger partial charge in [0.15, 0.2) is 0 Å². The molecule has 1 aromatic rings. The molecule has 0 aromatic heterocycles. The van der Waals surface area contributed by atoms with Gasteiger partial charge in [-0.05, 0) is 53.5 Å². The topological polar surface area (TPSA) is 29.1 Å². The van der Waals surface area contributed by atoms with Crippen molar-refractivity contribution in [3.8, 4) is 0 Å². The molecule has 2 nitrogen and oxygen atoms in total. The van der Waals surface area contributed by atoms with Gasteiger partial charge in [-0.3, -0.25) is 4.79 Å². The fraction of sp³-hybridized carbons (Fsp3) is 0.462. The predicted molar refractivity (Wildman–Crippen MR) is 80.7 cm³/mol. The monoisotopic (exact) mass is 365 g/mol. The minimum atomic E-state index is -0.000442. The van der Waals surface area contributed by atoms with Crippen molar-refractivity contribution in [1.82, 2.24) is 5.32 Å². The van der Waals surface area contributed by atoms with E-state index in [0.717, 1.165) is 21.1 Å². The number of benzene rings is 1. The van der Waals surface area contributed by atoms with Gasteiger partial charge in [-0.1, -0.05) is 19.1 Å². The highest BCUT2D eigenvalue weighted by molar-refractivity contribution is 14.1. The predicted octanol–water partition coefficient (Wildman–Crippen LogP) is 3.59. The van der Waals surface area contributed by atoms with Crippen LogP contribution in [0.2, 0.25) is 0 Å². The Morgan fingerprint density at radius 3 is 2.88 bits per heavy atom. The van der Waals surface area contributed by atoms with Gasteiger partial charge in [0.25, 0.3) is 5.91 Å². The molecule has 0 spiro atoms. The number of hydrogen-bond donors (Lipinski definition) is 1. The Morgan fingerprint density at radius 2 is 2.24 bits per heavy atom. The molecule has 0 bridgehead atoms. The summed E-state index contributed by atoms with van der Waals surface area (Å²) in [5.41, 5.74) is 1.88. The van der Waals surface area contributed by atoms with Crippen molar-refractivity contribution in [2.75, 3.05) is 12.4 Å². The SMILES string of the molecule is Cc1cccc(C(=O)NCC(C)CCCl)c1I. The number of aryl methyl sites for hydroxylation is 1. The highest BCUT2D eigenvalue weighted by Crippen LogP contribution is 2.16. The van der Waals surface area contributed by atoms with Crippen molar-refractivity contribution in [3.63, 3.8) is 0 Å². The van der Waals surface area contributed by atoms with Crippen molar-refractivity contribution in [2.45, 2.75) is 20.3 Å². The Balaban J connectivity index is 2.61. The van der Waals surface area contributed by atoms with Gasteiger partial charge in [0.2, 0.25) is 0 Å². The zero-order chi connectivity index (χ0) is 12.8. The number of carbonyl (C=O) groups is 1. The Kier molecular flexibility index (Phi) is 6.27. The molecular formula is C13H17ClINO. The average Bonchev–Trinajstić information content (AvgIpc) is 2.30. The number of alkyl halides is 1. The number of rotatable bonds is 5. The van der Waals surface area contributed by atoms with Gasteiger partial charge in [-0.25, -0.2) is 0 Å². The van der Waals surface area contributed by atoms with Gasteiger partial charge in [0.05, 0.1) is 5.56 Å². The Hall–Kier alpha value is -0.290. The van der Waals surface area contributed by atoms with Crippen LogP contribution >= 0.6 is 34.2 Å². The summed E-state index contributed by atoms with van der Waals surface area (Å²) in [6.07, 6.45) is 0.923. The first-order chi connectivity index (χ1) is 8.06. The quantitative estimate of drug-likeness (QED) is 0.627. The summed E-state index contributed by atoms with van der Waals surface area (Å²) in [5.74, 6) is 1.05. The van der Waals surface area contributed by atoms with Crippen LogP contribution < -0.4 is 5.32 Å². The van der Waals surface area contributed by atoms with E-state index in [9.17, 15) is 4.79 Å². The molecule has 1 N–H and O–H groups in total. The summed E-state index contributed by atoms with van der Waals surface area (Å²) in [6.45, 7) is 4.77. The maximum Gasteiger partial charge on any atom is 0.252 e. The third-order valence-electron chi connectivity index (χ3n) is 2.65. The molecule has 4 heteroatoms. The summed E-state index contributed by atoms with van der Waals surface area (Å²) in [7, 11) is 0. The van der Waals surface area contributed by atoms with Crippen LogP contribution in [0.3, 0.4) is 0 Å². The van der Waals surface area contributed by atoms with Crippen molar-refractivity contribution >= 4 is 40.1 Å². The third-order valence-corrected chi connectivity index (χ3v) is 4.30. The van der Waals surface area contributed by atoms with E-state index in [0.29, 0.717) is 18.3 Å². The van der Waals surface area contributed by atoms with Gasteiger partial charge in [-0.2, -0.15) is 0 Å². The summed E-state index contributed by atoms with van der Waals surface area (Å²) in [4.78, 5) is 12.0. The van der Waals surface area contributed by atoms with E-state index < -0.39 is 0 Å². The second kappa shape index (κ2) is 7.21. The van der Waals surface area contributed by atoms with E-state index in [2.05, 4.69) is 34.8 Å². The van der Waals surface area contributed by atoms with Crippen LogP contribution in [-0.2, 0) is 0 Å². The van der Waals surface area contributed by atoms with Gasteiger partial charge in [0.1, 0.15) is 0 Å². The second-order valence-electron chi connectivity index (χ2n) is 4.23. The fourth-order valence-electron chi connectivity index (χ4n) is 1.47. The van der Waals surface area contributed by atoms with E-state index in [-0.39, 0.29) is 5.91 Å². The van der Waals surface area contributed by atoms with E-state index in [1.807, 2.05) is 25.1 Å². The first-order valence-corrected chi connectivity index (χ1v) is 7.27. The molecule has 1 unspecified atom stereocenters. The molecule has 1 rings (SSSR count). The van der Waals surface area contributed by atoms with Gasteiger partial charge in [-0.15, -0.1) is 11.6 Å². The van der Waals surface area contributed by atoms with Gasteiger partial charge >= 0.3 is 0 Å². The summed E-state index contributed by atoms with van der Waals surface area (Å²) >= 11 is 7.87. The zero-order valence-electron chi connectivity index (χ0n) is 10.1. The Bertz CT molecular complexity index is 395. The minimum Gasteiger partial charge on any atom is -0.352 e. The first kappa shape index (κ1) is 14.8. The molecule has 1 atom stereocenters. The summed E-state index contributed by atoms with van der Waals surface area (Å²) in [5, 5.41) is 2.95. The number of nitrogens with one attached hydrogen (secondary N) is 1. The van der Waals surface area contributed by atoms with Crippen LogP contribution in [0.4, 0.5) is 0 Å². The lowest BCUT2D eigenvalue weighted by molar-refractivity contribution is 0.0947. The molecule has 94 valence electrons. The van der Waals surface area contributed by atoms with Crippen molar-refractivity contribution in [3.05, 3.63) is 32.9 Å². The fourth-order valence-corrected chi connectivity index (χ4v) is 2.45. The van der Waals surface area contributed by atoms with Crippen LogP contribution in [0.1, 0.15) is 29.3 Å². The summed E-state index contributed by atoms with van der Waals surface area (Å²) < 4.78 is 1.02. The molecule has 1 aromatic carbocycles. The van der Waals surface area contributed by atoms with Crippen LogP contribution in [0.25, 0.3) is 0 Å². The Labute approximate surface area is 121 Å². The number of carbonyl (C=O) groups excluding carboxylic acids is 1. The normalized spacial score (nSPS) is 12.2. The largest absolute Gasteiger partial charge is 0.352 e. The second-order valence-corrected chi connectivity index (χ2v) is 5.69. The van der Waals surface area contributed by atoms with E-state index in [4.69, 9.17) is 11.6 Å². The number of hydrogen-bond acceptors (Lipinski definition) is 1. The first-order valence-electron chi connectivity index (χ1n) is 5.65. The van der Waals surface area contributed by atoms with Crippen LogP contribution in [0, 0.1) is 16.4 Å². The molecule has 0 fully saturated rings. The van der Waals surface area contributed by atoms with Crippen molar-refractivity contribution in [2.24, 2.45) is 5.92 Å². The standard InChI is InChI=1S/C13H17ClINO/c1-9(6-7-14)8-16-13(17)11-5-3-4-10(2)12(11)15/h3-5,9H,6-8H2,1-2H3,(H,16,17). The molecule has 0 saturated carbocycles. The minimum absolute atomic E-state index is 0.000442. The molecule has 0 aliphatic rings. The maximum absolute atomic E-state index is 12.0. The smallest absolute Gasteiger partial charge is 0.252 e. The molecule has 1 amide bonds. The van der Waals surface area contributed by atoms with Crippen LogP contribution in [0.5, 0.6) is 0 Å². The molecular weight excluding hydrogens is 349 g/mol. The van der Waals surface area contributed by atoms with Gasteiger partial charge in [0, 0.05) is 16.0 Å². The van der Waals surface area contributed by atoms with Crippen molar-refractivity contribution in [1.29, 1.82) is 0 Å². The average molecular weight is 366 g/mol. The molecule has 0 radical (unpaired) electrons. The lowest BCUT2D eigenvalue weighted by Crippen LogP contribution is -2.29. The van der Waals surface area contributed by atoms with E-state index in [1.165, 1.54) is 0 Å². The third kappa shape index (κ3) is 4.47. The van der Waals surface area contributed by atoms with Crippen LogP contribution in [0.15, 0.2) is 18.2 Å². The number of halogens is 2. The Morgan fingerprint density at radius 1 is 1.53 bits per heavy atom. The lowest BCUT2D eigenvalue weighted by atomic mass is 10.1. The molecule has 0 saturated heterocycles. The highest BCUT2D eigenvalue weighted by atomic mass is 127. The lowest BCUT2D eigenvalue weighted by Gasteiger charge is -2.12. The molecule has 0 aliphatic carbocycles. The molecule has 0 aliphatic heterocycles. The van der Waals surface area contributed by atoms with E-state index in [1.54, 1.807) is 0 Å². The maximum atomic E-state index is 12.0. The molecule has 0 heterocycles. The zero-order valence-corrected chi connectivity index (χ0v) is 13.0. The molecule has 17 heavy (non-hydrogen) atoms. The van der Waals surface area contributed by atoms with Crippen LogP contribution in [-0.4, -0.2) is 18.3 Å². The summed E-state index contributed by atoms with van der Waals surface area (Å²) in [6, 6.07) is 5.78. The van der Waals surface area contributed by atoms with Gasteiger partial charge < -0.3 is 5.32 Å². The van der Waals surface area contributed by atoms with E-state index >= 15 is 0 Å². The highest BCUT2D eigenvalue weighted by Gasteiger charge is 2.11. The van der Waals surface area contributed by atoms with Crippen molar-refractivity contribution < 1.29 is 4.79 Å². The number of amides is 1.